The number of alkyl halides is 3. The number of para-hydroxylation sites is 1. The fourth-order valence-electron chi connectivity index (χ4n) is 1.13. The lowest BCUT2D eigenvalue weighted by molar-refractivity contribution is 0.105. The standard InChI is InChI=1S/C8H4Br2F2N2/c9-4-2-1-3-5-6(4)14-7(13-5)8(10,11)12/h1-3H,(H,13,14). The maximum Gasteiger partial charge on any atom is 0.358 e. The molecule has 0 unspecified atom stereocenters. The zero-order valence-corrected chi connectivity index (χ0v) is 9.86. The second-order valence-electron chi connectivity index (χ2n) is 2.72. The topological polar surface area (TPSA) is 28.7 Å². The Bertz CT molecular complexity index is 476. The highest BCUT2D eigenvalue weighted by molar-refractivity contribution is 9.10. The first kappa shape index (κ1) is 10.0. The van der Waals surface area contributed by atoms with Crippen molar-refractivity contribution in [3.05, 3.63) is 28.5 Å². The molecule has 0 aliphatic heterocycles. The zero-order chi connectivity index (χ0) is 10.3. The van der Waals surface area contributed by atoms with Crippen molar-refractivity contribution in [3.8, 4) is 0 Å². The molecule has 1 N–H and O–H groups in total. The summed E-state index contributed by atoms with van der Waals surface area (Å²) in [6.45, 7) is 0. The van der Waals surface area contributed by atoms with Crippen molar-refractivity contribution in [2.45, 2.75) is 4.83 Å². The predicted octanol–water partition coefficient (Wildman–Crippen LogP) is 3.77. The minimum Gasteiger partial charge on any atom is -0.336 e. The first-order valence-electron chi connectivity index (χ1n) is 3.70. The highest BCUT2D eigenvalue weighted by Crippen LogP contribution is 2.34. The van der Waals surface area contributed by atoms with Gasteiger partial charge in [0, 0.05) is 4.47 Å². The average molecular weight is 326 g/mol. The molecule has 1 aromatic heterocycles. The van der Waals surface area contributed by atoms with Crippen LogP contribution in [0.3, 0.4) is 0 Å². The highest BCUT2D eigenvalue weighted by Gasteiger charge is 2.31. The molecule has 0 spiro atoms. The lowest BCUT2D eigenvalue weighted by Crippen LogP contribution is -2.04. The summed E-state index contributed by atoms with van der Waals surface area (Å²) in [7, 11) is 0. The number of benzene rings is 1. The molecule has 6 heteroatoms. The number of halogens is 4. The molecule has 0 fully saturated rings. The van der Waals surface area contributed by atoms with Crippen LogP contribution >= 0.6 is 31.9 Å². The Morgan fingerprint density at radius 1 is 1.36 bits per heavy atom. The van der Waals surface area contributed by atoms with Gasteiger partial charge in [0.25, 0.3) is 0 Å². The minimum absolute atomic E-state index is 0.389. The molecule has 0 saturated heterocycles. The van der Waals surface area contributed by atoms with Gasteiger partial charge in [-0.25, -0.2) is 4.98 Å². The number of hydrogen-bond donors (Lipinski definition) is 1. The minimum atomic E-state index is -3.12. The van der Waals surface area contributed by atoms with E-state index >= 15 is 0 Å². The molecule has 0 aliphatic carbocycles. The second kappa shape index (κ2) is 3.27. The van der Waals surface area contributed by atoms with E-state index in [-0.39, 0.29) is 5.82 Å². The Labute approximate surface area is 95.0 Å². The molecular weight excluding hydrogens is 322 g/mol. The van der Waals surface area contributed by atoms with Crippen LogP contribution in [0.4, 0.5) is 8.78 Å². The third-order valence-electron chi connectivity index (χ3n) is 1.73. The van der Waals surface area contributed by atoms with Gasteiger partial charge >= 0.3 is 4.83 Å². The maximum atomic E-state index is 12.8. The van der Waals surface area contributed by atoms with Crippen molar-refractivity contribution in [1.29, 1.82) is 0 Å². The van der Waals surface area contributed by atoms with Crippen molar-refractivity contribution in [3.63, 3.8) is 0 Å². The average Bonchev–Trinajstić information content (AvgIpc) is 2.48. The van der Waals surface area contributed by atoms with Crippen molar-refractivity contribution in [1.82, 2.24) is 9.97 Å². The van der Waals surface area contributed by atoms with E-state index in [4.69, 9.17) is 0 Å². The first-order valence-corrected chi connectivity index (χ1v) is 5.28. The number of nitrogens with zero attached hydrogens (tertiary/aromatic N) is 1. The molecule has 2 aromatic rings. The van der Waals surface area contributed by atoms with E-state index in [2.05, 4.69) is 41.8 Å². The van der Waals surface area contributed by atoms with Crippen molar-refractivity contribution < 1.29 is 8.78 Å². The summed E-state index contributed by atoms with van der Waals surface area (Å²) in [5, 5.41) is 0. The van der Waals surface area contributed by atoms with Gasteiger partial charge in [-0.15, -0.1) is 0 Å². The largest absolute Gasteiger partial charge is 0.358 e. The van der Waals surface area contributed by atoms with Gasteiger partial charge in [0.15, 0.2) is 5.82 Å². The van der Waals surface area contributed by atoms with Crippen LogP contribution in [-0.2, 0) is 4.83 Å². The Kier molecular flexibility index (Phi) is 2.35. The van der Waals surface area contributed by atoms with Crippen LogP contribution in [0.15, 0.2) is 22.7 Å². The number of nitrogens with one attached hydrogen (secondary N) is 1. The monoisotopic (exact) mass is 324 g/mol. The summed E-state index contributed by atoms with van der Waals surface area (Å²) in [4.78, 5) is 3.20. The molecule has 74 valence electrons. The van der Waals surface area contributed by atoms with Gasteiger partial charge in [-0.3, -0.25) is 0 Å². The molecule has 0 saturated carbocycles. The number of hydrogen-bond acceptors (Lipinski definition) is 1. The summed E-state index contributed by atoms with van der Waals surface area (Å²) >= 11 is 5.48. The van der Waals surface area contributed by atoms with Crippen LogP contribution in [0.25, 0.3) is 11.0 Å². The molecule has 0 amide bonds. The quantitative estimate of drug-likeness (QED) is 0.794. The zero-order valence-electron chi connectivity index (χ0n) is 6.69. The summed E-state index contributed by atoms with van der Waals surface area (Å²) in [6.07, 6.45) is 0. The molecule has 14 heavy (non-hydrogen) atoms. The summed E-state index contributed by atoms with van der Waals surface area (Å²) in [5.41, 5.74) is 1.08. The molecule has 1 aromatic carbocycles. The normalized spacial score (nSPS) is 12.3. The van der Waals surface area contributed by atoms with E-state index < -0.39 is 4.83 Å². The fraction of sp³-hybridized carbons (Fsp3) is 0.125. The number of imidazole rings is 1. The Morgan fingerprint density at radius 3 is 2.64 bits per heavy atom. The van der Waals surface area contributed by atoms with Gasteiger partial charge in [0.2, 0.25) is 0 Å². The Balaban J connectivity index is 2.69. The van der Waals surface area contributed by atoms with E-state index in [1.807, 2.05) is 0 Å². The van der Waals surface area contributed by atoms with Crippen LogP contribution < -0.4 is 0 Å². The fourth-order valence-corrected chi connectivity index (χ4v) is 1.77. The third kappa shape index (κ3) is 1.68. The molecule has 2 nitrogen and oxygen atoms in total. The van der Waals surface area contributed by atoms with Gasteiger partial charge in [-0.2, -0.15) is 8.78 Å². The number of aromatic amines is 1. The van der Waals surface area contributed by atoms with E-state index in [1.54, 1.807) is 18.2 Å². The first-order chi connectivity index (χ1) is 6.48. The molecular formula is C8H4Br2F2N2. The molecule has 0 aliphatic rings. The molecule has 0 atom stereocenters. The SMILES string of the molecule is FC(F)(Br)c1nc2c(Br)cccc2[nH]1. The van der Waals surface area contributed by atoms with Crippen LogP contribution in [0, 0.1) is 0 Å². The van der Waals surface area contributed by atoms with Gasteiger partial charge in [-0.05, 0) is 44.0 Å². The van der Waals surface area contributed by atoms with Crippen molar-refractivity contribution in [2.24, 2.45) is 0 Å². The van der Waals surface area contributed by atoms with Gasteiger partial charge in [-0.1, -0.05) is 6.07 Å². The van der Waals surface area contributed by atoms with Crippen molar-refractivity contribution >= 4 is 42.9 Å². The van der Waals surface area contributed by atoms with Crippen LogP contribution in [-0.4, -0.2) is 9.97 Å². The lowest BCUT2D eigenvalue weighted by Gasteiger charge is -2.01. The van der Waals surface area contributed by atoms with E-state index in [0.29, 0.717) is 15.5 Å². The summed E-state index contributed by atoms with van der Waals surface area (Å²) in [6, 6.07) is 5.19. The van der Waals surface area contributed by atoms with Gasteiger partial charge in [0.1, 0.15) is 5.52 Å². The molecule has 1 heterocycles. The molecule has 0 radical (unpaired) electrons. The number of rotatable bonds is 1. The Morgan fingerprint density at radius 2 is 2.07 bits per heavy atom. The van der Waals surface area contributed by atoms with E-state index in [9.17, 15) is 8.78 Å². The van der Waals surface area contributed by atoms with Gasteiger partial charge < -0.3 is 4.98 Å². The highest BCUT2D eigenvalue weighted by atomic mass is 79.9. The van der Waals surface area contributed by atoms with Crippen LogP contribution in [0.2, 0.25) is 0 Å². The molecule has 2 rings (SSSR count). The van der Waals surface area contributed by atoms with Crippen molar-refractivity contribution in [2.75, 3.05) is 0 Å². The number of aromatic nitrogens is 2. The van der Waals surface area contributed by atoms with E-state index in [0.717, 1.165) is 0 Å². The maximum absolute atomic E-state index is 12.8. The third-order valence-corrected chi connectivity index (χ3v) is 2.75. The number of H-pyrrole nitrogens is 1. The lowest BCUT2D eigenvalue weighted by atomic mass is 10.3. The smallest absolute Gasteiger partial charge is 0.336 e. The van der Waals surface area contributed by atoms with Crippen LogP contribution in [0.1, 0.15) is 5.82 Å². The predicted molar refractivity (Wildman–Crippen MR) is 56.6 cm³/mol. The Hall–Kier alpha value is -0.490. The van der Waals surface area contributed by atoms with E-state index in [1.165, 1.54) is 0 Å². The van der Waals surface area contributed by atoms with Crippen LogP contribution in [0.5, 0.6) is 0 Å². The number of fused-ring (bicyclic) bond motifs is 1. The summed E-state index contributed by atoms with van der Waals surface area (Å²) in [5.74, 6) is -0.389. The summed E-state index contributed by atoms with van der Waals surface area (Å²) < 4.78 is 26.4. The second-order valence-corrected chi connectivity index (χ2v) is 4.57. The molecule has 0 bridgehead atoms. The van der Waals surface area contributed by atoms with Gasteiger partial charge in [0.05, 0.1) is 5.52 Å².